The van der Waals surface area contributed by atoms with Gasteiger partial charge in [0, 0.05) is 18.0 Å². The highest BCUT2D eigenvalue weighted by Gasteiger charge is 2.33. The molecule has 1 fully saturated rings. The average molecular weight is 578 g/mol. The van der Waals surface area contributed by atoms with Gasteiger partial charge in [0.05, 0.1) is 28.5 Å². The first kappa shape index (κ1) is 27.9. The summed E-state index contributed by atoms with van der Waals surface area (Å²) in [5.74, 6) is 0.114. The summed E-state index contributed by atoms with van der Waals surface area (Å²) in [6.07, 6.45) is 5.89. The molecule has 1 saturated heterocycles. The number of ether oxygens (including phenoxy) is 2. The predicted octanol–water partition coefficient (Wildman–Crippen LogP) is 3.52. The zero-order valence-corrected chi connectivity index (χ0v) is 24.3. The normalized spacial score (nSPS) is 17.0. The number of allylic oxidation sites excluding steroid dienone is 1. The molecule has 208 valence electrons. The number of esters is 1. The van der Waals surface area contributed by atoms with E-state index >= 15 is 0 Å². The molecule has 0 saturated carbocycles. The van der Waals surface area contributed by atoms with Gasteiger partial charge in [-0.25, -0.2) is 9.79 Å². The van der Waals surface area contributed by atoms with Crippen molar-refractivity contribution in [2.45, 2.75) is 37.6 Å². The Kier molecular flexibility index (Phi) is 8.56. The average Bonchev–Trinajstić information content (AvgIpc) is 3.61. The summed E-state index contributed by atoms with van der Waals surface area (Å²) in [4.78, 5) is 47.1. The predicted molar refractivity (Wildman–Crippen MR) is 156 cm³/mol. The van der Waals surface area contributed by atoms with Gasteiger partial charge in [0.2, 0.25) is 0 Å². The second kappa shape index (κ2) is 12.3. The van der Waals surface area contributed by atoms with Crippen molar-refractivity contribution in [1.82, 2.24) is 9.47 Å². The fraction of sp³-hybridized carbons (Fsp3) is 0.333. The Labute approximate surface area is 240 Å². The van der Waals surface area contributed by atoms with Crippen molar-refractivity contribution in [1.29, 1.82) is 0 Å². The molecule has 0 unspecified atom stereocenters. The van der Waals surface area contributed by atoms with Crippen molar-refractivity contribution in [3.8, 4) is 5.75 Å². The summed E-state index contributed by atoms with van der Waals surface area (Å²) >= 11 is 2.91. The van der Waals surface area contributed by atoms with E-state index in [1.165, 1.54) is 11.3 Å². The zero-order chi connectivity index (χ0) is 28.2. The lowest BCUT2D eigenvalue weighted by Gasteiger charge is -2.24. The van der Waals surface area contributed by atoms with Gasteiger partial charge in [0.25, 0.3) is 11.5 Å². The Morgan fingerprint density at radius 1 is 1.10 bits per heavy atom. The van der Waals surface area contributed by atoms with E-state index in [-0.39, 0.29) is 24.7 Å². The van der Waals surface area contributed by atoms with Crippen molar-refractivity contribution >= 4 is 41.1 Å². The summed E-state index contributed by atoms with van der Waals surface area (Å²) in [5.41, 5.74) is 2.30. The summed E-state index contributed by atoms with van der Waals surface area (Å²) in [5, 5.41) is 0. The highest BCUT2D eigenvalue weighted by atomic mass is 32.2. The van der Waals surface area contributed by atoms with Crippen molar-refractivity contribution in [3.63, 3.8) is 0 Å². The molecule has 0 radical (unpaired) electrons. The van der Waals surface area contributed by atoms with Crippen LogP contribution in [0.15, 0.2) is 74.5 Å². The molecule has 40 heavy (non-hydrogen) atoms. The molecule has 2 aliphatic rings. The van der Waals surface area contributed by atoms with Gasteiger partial charge in [0.15, 0.2) is 11.4 Å². The number of aromatic nitrogens is 1. The van der Waals surface area contributed by atoms with Crippen LogP contribution in [0.25, 0.3) is 6.08 Å². The standard InChI is InChI=1S/C30H31N3O5S2/c1-4-37-29(36)26-19(2)31-30-33(27(26)21-9-13-23(39-3)14-10-21)28(35)24(40-30)17-20-7-11-22(12-8-20)38-18-25(34)32-15-5-6-16-32/h7-14,17,27H,4-6,15-16,18H2,1-3H3/b24-17+/t27-/m0/s1. The maximum atomic E-state index is 13.8. The van der Waals surface area contributed by atoms with E-state index in [4.69, 9.17) is 9.47 Å². The Hall–Kier alpha value is -3.63. The lowest BCUT2D eigenvalue weighted by Crippen LogP contribution is -2.39. The van der Waals surface area contributed by atoms with E-state index in [0.717, 1.165) is 42.0 Å². The third-order valence-electron chi connectivity index (χ3n) is 6.95. The van der Waals surface area contributed by atoms with E-state index < -0.39 is 12.0 Å². The lowest BCUT2D eigenvalue weighted by molar-refractivity contribution is -0.139. The molecule has 0 N–H and O–H groups in total. The quantitative estimate of drug-likeness (QED) is 0.301. The summed E-state index contributed by atoms with van der Waals surface area (Å²) in [6, 6.07) is 14.5. The topological polar surface area (TPSA) is 90.2 Å². The minimum Gasteiger partial charge on any atom is -0.484 e. The van der Waals surface area contributed by atoms with Crippen LogP contribution in [0.5, 0.6) is 5.75 Å². The molecule has 2 aliphatic heterocycles. The molecule has 0 bridgehead atoms. The van der Waals surface area contributed by atoms with Gasteiger partial charge in [-0.3, -0.25) is 14.2 Å². The molecular weight excluding hydrogens is 546 g/mol. The van der Waals surface area contributed by atoms with Crippen LogP contribution in [-0.4, -0.2) is 53.9 Å². The number of amides is 1. The molecule has 1 atom stereocenters. The number of benzene rings is 2. The number of carbonyl (C=O) groups is 2. The molecule has 3 heterocycles. The third-order valence-corrected chi connectivity index (χ3v) is 8.67. The van der Waals surface area contributed by atoms with Gasteiger partial charge in [-0.1, -0.05) is 35.6 Å². The molecule has 1 aromatic heterocycles. The van der Waals surface area contributed by atoms with Crippen LogP contribution in [0, 0.1) is 0 Å². The number of hydrogen-bond acceptors (Lipinski definition) is 8. The first-order valence-electron chi connectivity index (χ1n) is 13.2. The third kappa shape index (κ3) is 5.78. The monoisotopic (exact) mass is 577 g/mol. The first-order chi connectivity index (χ1) is 19.4. The number of nitrogens with zero attached hydrogens (tertiary/aromatic N) is 3. The largest absolute Gasteiger partial charge is 0.484 e. The fourth-order valence-electron chi connectivity index (χ4n) is 4.91. The Bertz CT molecular complexity index is 1620. The molecule has 0 spiro atoms. The van der Waals surface area contributed by atoms with Gasteiger partial charge in [-0.15, -0.1) is 11.8 Å². The molecule has 5 rings (SSSR count). The second-order valence-corrected chi connectivity index (χ2v) is 11.4. The SMILES string of the molecule is CCOC(=O)C1=C(C)N=c2s/c(=C/c3ccc(OCC(=O)N4CCCC4)cc3)c(=O)n2[C@H]1c1ccc(SC)cc1. The minimum atomic E-state index is -0.641. The molecular formula is C30H31N3O5S2. The zero-order valence-electron chi connectivity index (χ0n) is 22.7. The van der Waals surface area contributed by atoms with Gasteiger partial charge in [0.1, 0.15) is 5.75 Å². The van der Waals surface area contributed by atoms with Crippen molar-refractivity contribution < 1.29 is 19.1 Å². The number of carbonyl (C=O) groups excluding carboxylic acids is 2. The molecule has 1 amide bonds. The van der Waals surface area contributed by atoms with Crippen molar-refractivity contribution in [2.75, 3.05) is 32.6 Å². The van der Waals surface area contributed by atoms with Gasteiger partial charge >= 0.3 is 5.97 Å². The summed E-state index contributed by atoms with van der Waals surface area (Å²) in [7, 11) is 0. The lowest BCUT2D eigenvalue weighted by atomic mass is 9.96. The molecule has 8 nitrogen and oxygen atoms in total. The number of rotatable bonds is 8. The second-order valence-electron chi connectivity index (χ2n) is 9.52. The fourth-order valence-corrected chi connectivity index (χ4v) is 6.36. The van der Waals surface area contributed by atoms with E-state index in [1.807, 2.05) is 47.6 Å². The van der Waals surface area contributed by atoms with Gasteiger partial charge in [-0.2, -0.15) is 0 Å². The highest BCUT2D eigenvalue weighted by Crippen LogP contribution is 2.31. The van der Waals surface area contributed by atoms with Gasteiger partial charge < -0.3 is 14.4 Å². The molecule has 0 aliphatic carbocycles. The maximum absolute atomic E-state index is 13.8. The van der Waals surface area contributed by atoms with E-state index in [0.29, 0.717) is 26.4 Å². The number of likely N-dealkylation sites (tertiary alicyclic amines) is 1. The first-order valence-corrected chi connectivity index (χ1v) is 15.3. The Balaban J connectivity index is 1.46. The van der Waals surface area contributed by atoms with Crippen molar-refractivity contribution in [3.05, 3.63) is 90.6 Å². The van der Waals surface area contributed by atoms with Crippen LogP contribution >= 0.6 is 23.1 Å². The van der Waals surface area contributed by atoms with Gasteiger partial charge in [-0.05, 0) is 74.4 Å². The van der Waals surface area contributed by atoms with E-state index in [9.17, 15) is 14.4 Å². The van der Waals surface area contributed by atoms with Crippen LogP contribution in [0.1, 0.15) is 43.9 Å². The summed E-state index contributed by atoms with van der Waals surface area (Å²) in [6.45, 7) is 5.36. The smallest absolute Gasteiger partial charge is 0.338 e. The number of fused-ring (bicyclic) bond motifs is 1. The van der Waals surface area contributed by atoms with Crippen molar-refractivity contribution in [2.24, 2.45) is 4.99 Å². The van der Waals surface area contributed by atoms with Crippen LogP contribution in [0.3, 0.4) is 0 Å². The summed E-state index contributed by atoms with van der Waals surface area (Å²) < 4.78 is 13.1. The number of hydrogen-bond donors (Lipinski definition) is 0. The van der Waals surface area contributed by atoms with Crippen LogP contribution in [0.2, 0.25) is 0 Å². The van der Waals surface area contributed by atoms with Crippen LogP contribution in [0.4, 0.5) is 0 Å². The van der Waals surface area contributed by atoms with E-state index in [2.05, 4.69) is 4.99 Å². The number of thiazole rings is 1. The maximum Gasteiger partial charge on any atom is 0.338 e. The highest BCUT2D eigenvalue weighted by molar-refractivity contribution is 7.98. The number of thioether (sulfide) groups is 1. The minimum absolute atomic E-state index is 0.00203. The van der Waals surface area contributed by atoms with Crippen LogP contribution < -0.4 is 19.6 Å². The molecule has 2 aromatic carbocycles. The Morgan fingerprint density at radius 3 is 2.45 bits per heavy atom. The Morgan fingerprint density at radius 2 is 1.80 bits per heavy atom. The van der Waals surface area contributed by atoms with E-state index in [1.54, 1.807) is 48.4 Å². The molecule has 10 heteroatoms. The molecule has 3 aromatic rings. The van der Waals surface area contributed by atoms with Crippen LogP contribution in [-0.2, 0) is 14.3 Å².